The SMILES string of the molecule is COc1cc(CCN(C(=O)C2CC2)C2CC2)cc(OC)c1OC. The summed E-state index contributed by atoms with van der Waals surface area (Å²) in [6.07, 6.45) is 5.21. The summed E-state index contributed by atoms with van der Waals surface area (Å²) in [7, 11) is 4.84. The molecule has 2 saturated carbocycles. The first kappa shape index (κ1) is 16.0. The average Bonchev–Trinajstić information content (AvgIpc) is 3.45. The predicted molar refractivity (Wildman–Crippen MR) is 87.3 cm³/mol. The van der Waals surface area contributed by atoms with Crippen molar-refractivity contribution in [1.82, 2.24) is 4.90 Å². The highest BCUT2D eigenvalue weighted by atomic mass is 16.5. The van der Waals surface area contributed by atoms with Crippen LogP contribution in [0, 0.1) is 5.92 Å². The molecule has 3 rings (SSSR count). The fraction of sp³-hybridized carbons (Fsp3) is 0.611. The highest BCUT2D eigenvalue weighted by Gasteiger charge is 2.39. The zero-order chi connectivity index (χ0) is 16.4. The van der Waals surface area contributed by atoms with E-state index < -0.39 is 0 Å². The number of nitrogens with zero attached hydrogens (tertiary/aromatic N) is 1. The zero-order valence-corrected chi connectivity index (χ0v) is 14.1. The first-order chi connectivity index (χ1) is 11.2. The van der Waals surface area contributed by atoms with Gasteiger partial charge < -0.3 is 19.1 Å². The van der Waals surface area contributed by atoms with Crippen molar-refractivity contribution in [2.24, 2.45) is 5.92 Å². The summed E-state index contributed by atoms with van der Waals surface area (Å²) in [6, 6.07) is 4.40. The molecule has 0 N–H and O–H groups in total. The number of hydrogen-bond acceptors (Lipinski definition) is 4. The Bertz CT molecular complexity index is 553. The van der Waals surface area contributed by atoms with E-state index in [-0.39, 0.29) is 5.92 Å². The van der Waals surface area contributed by atoms with E-state index in [0.29, 0.717) is 29.2 Å². The molecule has 2 aliphatic rings. The Morgan fingerprint density at radius 2 is 1.65 bits per heavy atom. The second-order valence-corrected chi connectivity index (χ2v) is 6.32. The third kappa shape index (κ3) is 3.54. The van der Waals surface area contributed by atoms with Crippen LogP contribution in [0.1, 0.15) is 31.2 Å². The maximum absolute atomic E-state index is 12.4. The average molecular weight is 319 g/mol. The molecular weight excluding hydrogens is 294 g/mol. The van der Waals surface area contributed by atoms with Crippen molar-refractivity contribution in [2.75, 3.05) is 27.9 Å². The van der Waals surface area contributed by atoms with Crippen LogP contribution in [0.2, 0.25) is 0 Å². The van der Waals surface area contributed by atoms with Crippen LogP contribution in [0.15, 0.2) is 12.1 Å². The van der Waals surface area contributed by atoms with Crippen molar-refractivity contribution in [2.45, 2.75) is 38.1 Å². The Morgan fingerprint density at radius 3 is 2.09 bits per heavy atom. The highest BCUT2D eigenvalue weighted by molar-refractivity contribution is 5.81. The van der Waals surface area contributed by atoms with Gasteiger partial charge in [0.1, 0.15) is 0 Å². The van der Waals surface area contributed by atoms with Crippen molar-refractivity contribution in [3.63, 3.8) is 0 Å². The van der Waals surface area contributed by atoms with Gasteiger partial charge in [0.25, 0.3) is 0 Å². The minimum atomic E-state index is 0.288. The van der Waals surface area contributed by atoms with Gasteiger partial charge in [-0.3, -0.25) is 4.79 Å². The van der Waals surface area contributed by atoms with Crippen molar-refractivity contribution < 1.29 is 19.0 Å². The molecule has 5 nitrogen and oxygen atoms in total. The topological polar surface area (TPSA) is 48.0 Å². The Balaban J connectivity index is 1.72. The number of amides is 1. The normalized spacial score (nSPS) is 16.8. The molecule has 2 aliphatic carbocycles. The van der Waals surface area contributed by atoms with E-state index in [4.69, 9.17) is 14.2 Å². The molecule has 0 aromatic heterocycles. The molecule has 0 heterocycles. The summed E-state index contributed by atoms with van der Waals surface area (Å²) in [5.41, 5.74) is 1.09. The van der Waals surface area contributed by atoms with Crippen LogP contribution in [0.25, 0.3) is 0 Å². The lowest BCUT2D eigenvalue weighted by Gasteiger charge is -2.23. The summed E-state index contributed by atoms with van der Waals surface area (Å²) in [5.74, 6) is 2.56. The van der Waals surface area contributed by atoms with Crippen LogP contribution in [0.3, 0.4) is 0 Å². The van der Waals surface area contributed by atoms with Gasteiger partial charge in [-0.15, -0.1) is 0 Å². The molecule has 5 heteroatoms. The lowest BCUT2D eigenvalue weighted by molar-refractivity contribution is -0.133. The molecule has 2 fully saturated rings. The molecule has 0 unspecified atom stereocenters. The van der Waals surface area contributed by atoms with Crippen molar-refractivity contribution >= 4 is 5.91 Å². The van der Waals surface area contributed by atoms with Gasteiger partial charge >= 0.3 is 0 Å². The van der Waals surface area contributed by atoms with E-state index in [1.54, 1.807) is 21.3 Å². The third-order valence-electron chi connectivity index (χ3n) is 4.56. The smallest absolute Gasteiger partial charge is 0.225 e. The van der Waals surface area contributed by atoms with Crippen LogP contribution in [-0.2, 0) is 11.2 Å². The minimum absolute atomic E-state index is 0.288. The number of hydrogen-bond donors (Lipinski definition) is 0. The predicted octanol–water partition coefficient (Wildman–Crippen LogP) is 2.66. The van der Waals surface area contributed by atoms with E-state index in [0.717, 1.165) is 44.2 Å². The number of carbonyl (C=O) groups excluding carboxylic acids is 1. The quantitative estimate of drug-likeness (QED) is 0.739. The Labute approximate surface area is 137 Å². The molecule has 1 aromatic rings. The van der Waals surface area contributed by atoms with Crippen LogP contribution >= 0.6 is 0 Å². The summed E-state index contributed by atoms with van der Waals surface area (Å²) in [6.45, 7) is 0.763. The summed E-state index contributed by atoms with van der Waals surface area (Å²) in [5, 5.41) is 0. The van der Waals surface area contributed by atoms with Crippen LogP contribution < -0.4 is 14.2 Å². The van der Waals surface area contributed by atoms with E-state index >= 15 is 0 Å². The maximum atomic E-state index is 12.4. The lowest BCUT2D eigenvalue weighted by atomic mass is 10.1. The van der Waals surface area contributed by atoms with Gasteiger partial charge in [-0.2, -0.15) is 0 Å². The summed E-state index contributed by atoms with van der Waals surface area (Å²) in [4.78, 5) is 14.5. The van der Waals surface area contributed by atoms with Gasteiger partial charge in [0, 0.05) is 18.5 Å². The minimum Gasteiger partial charge on any atom is -0.493 e. The van der Waals surface area contributed by atoms with Gasteiger partial charge in [-0.1, -0.05) is 0 Å². The molecular formula is C18H25NO4. The Morgan fingerprint density at radius 1 is 1.04 bits per heavy atom. The maximum Gasteiger partial charge on any atom is 0.225 e. The Hall–Kier alpha value is -1.91. The molecule has 1 aromatic carbocycles. The molecule has 0 bridgehead atoms. The monoisotopic (exact) mass is 319 g/mol. The van der Waals surface area contributed by atoms with E-state index in [1.165, 1.54) is 0 Å². The number of carbonyl (C=O) groups is 1. The Kier molecular flexibility index (Phi) is 4.64. The van der Waals surface area contributed by atoms with E-state index in [9.17, 15) is 4.79 Å². The van der Waals surface area contributed by atoms with Gasteiger partial charge in [0.2, 0.25) is 11.7 Å². The molecule has 23 heavy (non-hydrogen) atoms. The highest BCUT2D eigenvalue weighted by Crippen LogP contribution is 2.39. The first-order valence-corrected chi connectivity index (χ1v) is 8.27. The third-order valence-corrected chi connectivity index (χ3v) is 4.56. The number of methoxy groups -OCH3 is 3. The number of benzene rings is 1. The molecule has 0 radical (unpaired) electrons. The molecule has 126 valence electrons. The van der Waals surface area contributed by atoms with Gasteiger partial charge in [0.05, 0.1) is 21.3 Å². The molecule has 0 aliphatic heterocycles. The van der Waals surface area contributed by atoms with Crippen molar-refractivity contribution in [3.05, 3.63) is 17.7 Å². The lowest BCUT2D eigenvalue weighted by Crippen LogP contribution is -2.36. The van der Waals surface area contributed by atoms with Crippen LogP contribution in [0.5, 0.6) is 17.2 Å². The fourth-order valence-electron chi connectivity index (χ4n) is 2.95. The van der Waals surface area contributed by atoms with Gasteiger partial charge in [-0.25, -0.2) is 0 Å². The van der Waals surface area contributed by atoms with Gasteiger partial charge in [-0.05, 0) is 49.8 Å². The van der Waals surface area contributed by atoms with Crippen LogP contribution in [0.4, 0.5) is 0 Å². The molecule has 0 spiro atoms. The summed E-state index contributed by atoms with van der Waals surface area (Å²) >= 11 is 0. The zero-order valence-electron chi connectivity index (χ0n) is 14.1. The molecule has 0 saturated heterocycles. The largest absolute Gasteiger partial charge is 0.493 e. The van der Waals surface area contributed by atoms with Crippen molar-refractivity contribution in [1.29, 1.82) is 0 Å². The standard InChI is InChI=1S/C18H25NO4/c1-21-15-10-12(11-16(22-2)17(15)23-3)8-9-19(14-6-7-14)18(20)13-4-5-13/h10-11,13-14H,4-9H2,1-3H3. The van der Waals surface area contributed by atoms with E-state index in [2.05, 4.69) is 4.90 Å². The second-order valence-electron chi connectivity index (χ2n) is 6.32. The number of ether oxygens (including phenoxy) is 3. The summed E-state index contributed by atoms with van der Waals surface area (Å²) < 4.78 is 16.1. The van der Waals surface area contributed by atoms with Crippen LogP contribution in [-0.4, -0.2) is 44.7 Å². The number of rotatable bonds is 8. The van der Waals surface area contributed by atoms with Gasteiger partial charge in [0.15, 0.2) is 11.5 Å². The van der Waals surface area contributed by atoms with Crippen molar-refractivity contribution in [3.8, 4) is 17.2 Å². The first-order valence-electron chi connectivity index (χ1n) is 8.27. The molecule has 0 atom stereocenters. The molecule has 1 amide bonds. The fourth-order valence-corrected chi connectivity index (χ4v) is 2.95. The van der Waals surface area contributed by atoms with E-state index in [1.807, 2.05) is 12.1 Å². The second kappa shape index (κ2) is 6.69.